The second-order valence-corrected chi connectivity index (χ2v) is 9.16. The van der Waals surface area contributed by atoms with Gasteiger partial charge in [-0.2, -0.15) is 0 Å². The minimum Gasteiger partial charge on any atom is -0.508 e. The van der Waals surface area contributed by atoms with Crippen LogP contribution in [0.2, 0.25) is 0 Å². The number of carbonyl (C=O) groups is 3. The van der Waals surface area contributed by atoms with Gasteiger partial charge in [0, 0.05) is 34.1 Å². The van der Waals surface area contributed by atoms with Crippen LogP contribution in [-0.2, 0) is 0 Å². The minimum absolute atomic E-state index is 0.153. The predicted molar refractivity (Wildman–Crippen MR) is 133 cm³/mol. The number of aromatic hydroxyl groups is 2. The Morgan fingerprint density at radius 1 is 0.639 bits per heavy atom. The zero-order valence-electron chi connectivity index (χ0n) is 19.8. The SMILES string of the molecule is CC1C=CC=CC1(O)C(=O)c1cc(O)ccc1C(=O)c1ccc(O)cc1C(=O)C1(O)C=CC=CC1C. The van der Waals surface area contributed by atoms with Crippen molar-refractivity contribution in [2.24, 2.45) is 11.8 Å². The van der Waals surface area contributed by atoms with E-state index in [0.717, 1.165) is 12.1 Å². The average molecular weight is 487 g/mol. The van der Waals surface area contributed by atoms with E-state index in [1.165, 1.54) is 48.6 Å². The summed E-state index contributed by atoms with van der Waals surface area (Å²) in [5.41, 5.74) is -4.66. The first-order valence-electron chi connectivity index (χ1n) is 11.5. The number of rotatable bonds is 6. The zero-order chi connectivity index (χ0) is 26.3. The van der Waals surface area contributed by atoms with Gasteiger partial charge in [0.2, 0.25) is 0 Å². The number of ketones is 3. The van der Waals surface area contributed by atoms with Crippen molar-refractivity contribution in [3.05, 3.63) is 107 Å². The lowest BCUT2D eigenvalue weighted by Gasteiger charge is -2.31. The Kier molecular flexibility index (Phi) is 6.39. The summed E-state index contributed by atoms with van der Waals surface area (Å²) in [6.07, 6.45) is 12.4. The maximum Gasteiger partial charge on any atom is 0.199 e. The molecule has 4 unspecified atom stereocenters. The van der Waals surface area contributed by atoms with Crippen LogP contribution in [0, 0.1) is 11.8 Å². The molecule has 0 bridgehead atoms. The summed E-state index contributed by atoms with van der Waals surface area (Å²) in [4.78, 5) is 40.7. The van der Waals surface area contributed by atoms with Crippen LogP contribution < -0.4 is 0 Å². The molecule has 2 aromatic rings. The fourth-order valence-electron chi connectivity index (χ4n) is 4.44. The molecule has 184 valence electrons. The first-order chi connectivity index (χ1) is 17.0. The van der Waals surface area contributed by atoms with Gasteiger partial charge in [0.15, 0.2) is 28.6 Å². The normalized spacial score (nSPS) is 26.7. The van der Waals surface area contributed by atoms with Crippen LogP contribution >= 0.6 is 0 Å². The molecule has 0 saturated heterocycles. The monoisotopic (exact) mass is 486 g/mol. The fourth-order valence-corrected chi connectivity index (χ4v) is 4.44. The largest absolute Gasteiger partial charge is 0.508 e. The fraction of sp³-hybridized carbons (Fsp3) is 0.207. The Balaban J connectivity index is 1.83. The van der Waals surface area contributed by atoms with Gasteiger partial charge in [0.05, 0.1) is 0 Å². The van der Waals surface area contributed by atoms with Crippen molar-refractivity contribution in [1.82, 2.24) is 0 Å². The quantitative estimate of drug-likeness (QED) is 0.458. The number of aliphatic hydroxyl groups is 2. The number of phenols is 2. The zero-order valence-corrected chi connectivity index (χ0v) is 19.8. The van der Waals surface area contributed by atoms with Crippen LogP contribution in [0.25, 0.3) is 0 Å². The molecule has 7 nitrogen and oxygen atoms in total. The molecular formula is C29H26O7. The molecule has 0 aromatic heterocycles. The van der Waals surface area contributed by atoms with Gasteiger partial charge in [0.1, 0.15) is 11.5 Å². The molecule has 0 fully saturated rings. The first-order valence-corrected chi connectivity index (χ1v) is 11.5. The Hall–Kier alpha value is -4.07. The topological polar surface area (TPSA) is 132 Å². The van der Waals surface area contributed by atoms with Gasteiger partial charge in [-0.15, -0.1) is 0 Å². The number of Topliss-reactive ketones (excluding diaryl/α,β-unsaturated/α-hetero) is 2. The highest BCUT2D eigenvalue weighted by molar-refractivity contribution is 6.22. The van der Waals surface area contributed by atoms with E-state index < -0.39 is 40.4 Å². The Bertz CT molecular complexity index is 1280. The van der Waals surface area contributed by atoms with Gasteiger partial charge in [-0.05, 0) is 48.6 Å². The molecule has 4 N–H and O–H groups in total. The van der Waals surface area contributed by atoms with Crippen molar-refractivity contribution in [3.8, 4) is 11.5 Å². The molecule has 2 aromatic carbocycles. The van der Waals surface area contributed by atoms with E-state index in [9.17, 15) is 34.8 Å². The summed E-state index contributed by atoms with van der Waals surface area (Å²) in [5, 5.41) is 42.4. The molecule has 2 aliphatic carbocycles. The van der Waals surface area contributed by atoms with Gasteiger partial charge in [-0.25, -0.2) is 0 Å². The van der Waals surface area contributed by atoms with Crippen LogP contribution in [0.4, 0.5) is 0 Å². The van der Waals surface area contributed by atoms with Crippen molar-refractivity contribution in [1.29, 1.82) is 0 Å². The van der Waals surface area contributed by atoms with Crippen molar-refractivity contribution in [2.75, 3.05) is 0 Å². The van der Waals surface area contributed by atoms with Gasteiger partial charge < -0.3 is 20.4 Å². The number of hydrogen-bond donors (Lipinski definition) is 4. The van der Waals surface area contributed by atoms with E-state index in [4.69, 9.17) is 0 Å². The lowest BCUT2D eigenvalue weighted by atomic mass is 9.76. The molecule has 36 heavy (non-hydrogen) atoms. The number of hydrogen-bond acceptors (Lipinski definition) is 7. The van der Waals surface area contributed by atoms with Crippen LogP contribution in [0.1, 0.15) is 50.5 Å². The third-order valence-electron chi connectivity index (χ3n) is 6.82. The lowest BCUT2D eigenvalue weighted by Crippen LogP contribution is -2.44. The Morgan fingerprint density at radius 3 is 1.39 bits per heavy atom. The first kappa shape index (κ1) is 25.0. The third kappa shape index (κ3) is 4.12. The molecule has 2 aliphatic rings. The number of phenolic OH excluding ortho intramolecular Hbond substituents is 2. The maximum absolute atomic E-state index is 13.8. The van der Waals surface area contributed by atoms with Crippen LogP contribution in [-0.4, -0.2) is 49.0 Å². The van der Waals surface area contributed by atoms with Gasteiger partial charge in [0.25, 0.3) is 0 Å². The van der Waals surface area contributed by atoms with Crippen molar-refractivity contribution in [2.45, 2.75) is 25.0 Å². The molecule has 7 heteroatoms. The highest BCUT2D eigenvalue weighted by atomic mass is 16.3. The van der Waals surface area contributed by atoms with E-state index in [0.29, 0.717) is 0 Å². The highest BCUT2D eigenvalue weighted by Crippen LogP contribution is 2.34. The Labute approximate surface area is 208 Å². The summed E-state index contributed by atoms with van der Waals surface area (Å²) < 4.78 is 0. The van der Waals surface area contributed by atoms with E-state index in [1.54, 1.807) is 38.2 Å². The van der Waals surface area contributed by atoms with Crippen molar-refractivity contribution in [3.63, 3.8) is 0 Å². The molecule has 0 aliphatic heterocycles. The van der Waals surface area contributed by atoms with Gasteiger partial charge >= 0.3 is 0 Å². The van der Waals surface area contributed by atoms with Gasteiger partial charge in [-0.3, -0.25) is 14.4 Å². The molecular weight excluding hydrogens is 460 g/mol. The van der Waals surface area contributed by atoms with Crippen LogP contribution in [0.3, 0.4) is 0 Å². The van der Waals surface area contributed by atoms with Gasteiger partial charge in [-0.1, -0.05) is 50.3 Å². The standard InChI is InChI=1S/C29H26O7/c1-17-7-3-5-13-28(17,35)26(33)23-15-19(30)9-11-21(23)25(32)22-12-10-20(31)16-24(22)27(34)29(36)14-6-4-8-18(29)2/h3-18,30-31,35-36H,1-2H3. The summed E-state index contributed by atoms with van der Waals surface area (Å²) in [7, 11) is 0. The van der Waals surface area contributed by atoms with E-state index in [1.807, 2.05) is 0 Å². The number of benzene rings is 2. The summed E-state index contributed by atoms with van der Waals surface area (Å²) in [6.45, 7) is 3.29. The van der Waals surface area contributed by atoms with Crippen molar-refractivity contribution >= 4 is 17.3 Å². The van der Waals surface area contributed by atoms with E-state index in [-0.39, 0.29) is 33.8 Å². The smallest absolute Gasteiger partial charge is 0.199 e. The highest BCUT2D eigenvalue weighted by Gasteiger charge is 2.43. The predicted octanol–water partition coefficient (Wildman–Crippen LogP) is 3.68. The minimum atomic E-state index is -1.95. The summed E-state index contributed by atoms with van der Waals surface area (Å²) in [5.74, 6) is -4.12. The molecule has 4 atom stereocenters. The lowest BCUT2D eigenvalue weighted by molar-refractivity contribution is 0.0379. The van der Waals surface area contributed by atoms with Crippen LogP contribution in [0.15, 0.2) is 85.0 Å². The third-order valence-corrected chi connectivity index (χ3v) is 6.82. The molecule has 0 amide bonds. The van der Waals surface area contributed by atoms with Crippen molar-refractivity contribution < 1.29 is 34.8 Å². The molecule has 0 radical (unpaired) electrons. The Morgan fingerprint density at radius 2 is 1.03 bits per heavy atom. The van der Waals surface area contributed by atoms with E-state index >= 15 is 0 Å². The van der Waals surface area contributed by atoms with Crippen LogP contribution in [0.5, 0.6) is 11.5 Å². The molecule has 0 saturated carbocycles. The molecule has 4 rings (SSSR count). The second-order valence-electron chi connectivity index (χ2n) is 9.16. The average Bonchev–Trinajstić information content (AvgIpc) is 2.86. The summed E-state index contributed by atoms with van der Waals surface area (Å²) >= 11 is 0. The maximum atomic E-state index is 13.8. The molecule has 0 spiro atoms. The number of carbonyl (C=O) groups excluding carboxylic acids is 3. The molecule has 0 heterocycles. The summed E-state index contributed by atoms with van der Waals surface area (Å²) in [6, 6.07) is 7.11. The van der Waals surface area contributed by atoms with E-state index in [2.05, 4.69) is 0 Å². The second kappa shape index (κ2) is 9.18. The number of allylic oxidation sites excluding steroid dienone is 4.